The van der Waals surface area contributed by atoms with Crippen molar-refractivity contribution in [2.45, 2.75) is 44.2 Å². The Labute approximate surface area is 248 Å². The van der Waals surface area contributed by atoms with Crippen LogP contribution in [0.15, 0.2) is 77.7 Å². The molecule has 0 unspecified atom stereocenters. The molecular weight excluding hydrogens is 558 g/mol. The van der Waals surface area contributed by atoms with Crippen LogP contribution in [0.5, 0.6) is 17.2 Å². The van der Waals surface area contributed by atoms with Crippen LogP contribution in [0.2, 0.25) is 0 Å². The van der Waals surface area contributed by atoms with E-state index in [1.165, 1.54) is 37.3 Å². The third kappa shape index (κ3) is 7.73. The molecule has 3 rings (SSSR count). The molecule has 226 valence electrons. The molecule has 2 amide bonds. The zero-order valence-corrected chi connectivity index (χ0v) is 25.5. The van der Waals surface area contributed by atoms with Crippen LogP contribution in [-0.4, -0.2) is 65.6 Å². The van der Waals surface area contributed by atoms with E-state index in [0.717, 1.165) is 16.3 Å². The minimum atomic E-state index is -4.20. The minimum absolute atomic E-state index is 0.0158. The van der Waals surface area contributed by atoms with Crippen molar-refractivity contribution < 1.29 is 32.2 Å². The molecule has 3 aromatic carbocycles. The molecule has 1 atom stereocenters. The van der Waals surface area contributed by atoms with E-state index in [-0.39, 0.29) is 23.0 Å². The largest absolute Gasteiger partial charge is 0.497 e. The van der Waals surface area contributed by atoms with Crippen molar-refractivity contribution in [2.24, 2.45) is 0 Å². The molecular formula is C31H39N3O7S. The van der Waals surface area contributed by atoms with Gasteiger partial charge in [0.05, 0.1) is 31.9 Å². The van der Waals surface area contributed by atoms with Gasteiger partial charge in [-0.1, -0.05) is 44.2 Å². The average Bonchev–Trinajstić information content (AvgIpc) is 3.02. The minimum Gasteiger partial charge on any atom is -0.497 e. The number of amides is 2. The quantitative estimate of drug-likeness (QED) is 0.279. The van der Waals surface area contributed by atoms with Gasteiger partial charge in [-0.25, -0.2) is 8.42 Å². The van der Waals surface area contributed by atoms with Gasteiger partial charge in [0.1, 0.15) is 18.3 Å². The number of carbonyl (C=O) groups is 2. The molecule has 1 N–H and O–H groups in total. The molecule has 0 fully saturated rings. The molecule has 0 aromatic heterocycles. The predicted octanol–water partition coefficient (Wildman–Crippen LogP) is 4.24. The molecule has 0 saturated heterocycles. The number of hydrogen-bond acceptors (Lipinski definition) is 7. The van der Waals surface area contributed by atoms with Gasteiger partial charge in [-0.3, -0.25) is 13.9 Å². The number of nitrogens with zero attached hydrogens (tertiary/aromatic N) is 2. The van der Waals surface area contributed by atoms with Gasteiger partial charge in [-0.15, -0.1) is 0 Å². The summed E-state index contributed by atoms with van der Waals surface area (Å²) in [7, 11) is 0.280. The molecule has 0 spiro atoms. The number of hydrogen-bond donors (Lipinski definition) is 1. The molecule has 0 aliphatic heterocycles. The Balaban J connectivity index is 2.09. The van der Waals surface area contributed by atoms with E-state index in [4.69, 9.17) is 14.2 Å². The van der Waals surface area contributed by atoms with Gasteiger partial charge < -0.3 is 24.4 Å². The Morgan fingerprint density at radius 3 is 2.10 bits per heavy atom. The first-order valence-electron chi connectivity index (χ1n) is 13.7. The number of anilines is 1. The van der Waals surface area contributed by atoms with E-state index in [1.807, 2.05) is 26.0 Å². The fourth-order valence-corrected chi connectivity index (χ4v) is 5.87. The summed E-state index contributed by atoms with van der Waals surface area (Å²) < 4.78 is 45.0. The molecule has 0 saturated carbocycles. The number of carbonyl (C=O) groups excluding carboxylic acids is 2. The van der Waals surface area contributed by atoms with Crippen molar-refractivity contribution >= 4 is 27.5 Å². The third-order valence-corrected chi connectivity index (χ3v) is 8.50. The molecule has 11 heteroatoms. The van der Waals surface area contributed by atoms with Crippen LogP contribution in [0.1, 0.15) is 32.3 Å². The van der Waals surface area contributed by atoms with Crippen LogP contribution in [0, 0.1) is 0 Å². The van der Waals surface area contributed by atoms with Crippen molar-refractivity contribution in [1.82, 2.24) is 10.2 Å². The number of rotatable bonds is 15. The van der Waals surface area contributed by atoms with E-state index in [9.17, 15) is 18.0 Å². The van der Waals surface area contributed by atoms with Gasteiger partial charge in [0.25, 0.3) is 10.0 Å². The summed E-state index contributed by atoms with van der Waals surface area (Å²) in [5.74, 6) is 0.516. The SMILES string of the molecule is CCCNC(=O)[C@@H](CC)N(Cc1ccc(OC)cc1)C(=O)CN(c1ccc(OC)c(OC)c1)S(=O)(=O)c1ccccc1. The van der Waals surface area contributed by atoms with Gasteiger partial charge in [0, 0.05) is 19.2 Å². The lowest BCUT2D eigenvalue weighted by atomic mass is 10.1. The molecule has 0 heterocycles. The molecule has 42 heavy (non-hydrogen) atoms. The fraction of sp³-hybridized carbons (Fsp3) is 0.355. The van der Waals surface area contributed by atoms with Crippen molar-refractivity contribution in [3.63, 3.8) is 0 Å². The van der Waals surface area contributed by atoms with Gasteiger partial charge >= 0.3 is 0 Å². The average molecular weight is 598 g/mol. The second kappa shape index (κ2) is 15.1. The van der Waals surface area contributed by atoms with Crippen LogP contribution in [-0.2, 0) is 26.2 Å². The van der Waals surface area contributed by atoms with Crippen LogP contribution >= 0.6 is 0 Å². The zero-order chi connectivity index (χ0) is 30.7. The van der Waals surface area contributed by atoms with Crippen LogP contribution < -0.4 is 23.8 Å². The predicted molar refractivity (Wildman–Crippen MR) is 161 cm³/mol. The van der Waals surface area contributed by atoms with E-state index in [2.05, 4.69) is 5.32 Å². The first-order chi connectivity index (χ1) is 20.2. The zero-order valence-electron chi connectivity index (χ0n) is 24.7. The Hall–Kier alpha value is -4.25. The fourth-order valence-electron chi connectivity index (χ4n) is 4.44. The van der Waals surface area contributed by atoms with Crippen LogP contribution in [0.3, 0.4) is 0 Å². The van der Waals surface area contributed by atoms with E-state index in [0.29, 0.717) is 30.2 Å². The van der Waals surface area contributed by atoms with Crippen molar-refractivity contribution in [1.29, 1.82) is 0 Å². The smallest absolute Gasteiger partial charge is 0.264 e. The Bertz CT molecular complexity index is 1430. The number of sulfonamides is 1. The summed E-state index contributed by atoms with van der Waals surface area (Å²) in [4.78, 5) is 28.8. The second-order valence-electron chi connectivity index (χ2n) is 9.45. The first kappa shape index (κ1) is 32.3. The highest BCUT2D eigenvalue weighted by Gasteiger charge is 2.34. The lowest BCUT2D eigenvalue weighted by molar-refractivity contribution is -0.140. The second-order valence-corrected chi connectivity index (χ2v) is 11.3. The van der Waals surface area contributed by atoms with Crippen molar-refractivity contribution in [2.75, 3.05) is 38.7 Å². The normalized spacial score (nSPS) is 11.7. The van der Waals surface area contributed by atoms with Gasteiger partial charge in [-0.2, -0.15) is 0 Å². The lowest BCUT2D eigenvalue weighted by Gasteiger charge is -2.33. The topological polar surface area (TPSA) is 114 Å². The first-order valence-corrected chi connectivity index (χ1v) is 15.1. The molecule has 0 aliphatic rings. The van der Waals surface area contributed by atoms with E-state index < -0.39 is 28.5 Å². The maximum absolute atomic E-state index is 14.1. The highest BCUT2D eigenvalue weighted by Crippen LogP contribution is 2.34. The van der Waals surface area contributed by atoms with Gasteiger partial charge in [0.15, 0.2) is 11.5 Å². The van der Waals surface area contributed by atoms with Gasteiger partial charge in [-0.05, 0) is 54.8 Å². The van der Waals surface area contributed by atoms with Crippen LogP contribution in [0.25, 0.3) is 0 Å². The summed E-state index contributed by atoms with van der Waals surface area (Å²) in [5, 5.41) is 2.88. The molecule has 0 aliphatic carbocycles. The Morgan fingerprint density at radius 1 is 0.857 bits per heavy atom. The number of nitrogens with one attached hydrogen (secondary N) is 1. The summed E-state index contributed by atoms with van der Waals surface area (Å²) in [5.41, 5.74) is 0.965. The summed E-state index contributed by atoms with van der Waals surface area (Å²) in [6, 6.07) is 18.8. The standard InChI is InChI=1S/C31H39N3O7S/c1-6-19-32-31(36)27(7-2)33(21-23-13-16-25(39-3)17-14-23)30(35)22-34(42(37,38)26-11-9-8-10-12-26)24-15-18-28(40-4)29(20-24)41-5/h8-18,20,27H,6-7,19,21-22H2,1-5H3,(H,32,36)/t27-/m1/s1. The lowest BCUT2D eigenvalue weighted by Crippen LogP contribution is -2.52. The maximum atomic E-state index is 14.1. The monoisotopic (exact) mass is 597 g/mol. The van der Waals surface area contributed by atoms with E-state index >= 15 is 0 Å². The van der Waals surface area contributed by atoms with Crippen molar-refractivity contribution in [3.8, 4) is 17.2 Å². The van der Waals surface area contributed by atoms with Gasteiger partial charge in [0.2, 0.25) is 11.8 Å². The van der Waals surface area contributed by atoms with Crippen molar-refractivity contribution in [3.05, 3.63) is 78.4 Å². The molecule has 0 radical (unpaired) electrons. The Kier molecular flexibility index (Phi) is 11.6. The van der Waals surface area contributed by atoms with E-state index in [1.54, 1.807) is 49.6 Å². The van der Waals surface area contributed by atoms with Crippen LogP contribution in [0.4, 0.5) is 5.69 Å². The Morgan fingerprint density at radius 2 is 1.52 bits per heavy atom. The summed E-state index contributed by atoms with van der Waals surface area (Å²) in [6.07, 6.45) is 1.07. The maximum Gasteiger partial charge on any atom is 0.264 e. The number of benzene rings is 3. The molecule has 10 nitrogen and oxygen atoms in total. The number of ether oxygens (including phenoxy) is 3. The molecule has 3 aromatic rings. The highest BCUT2D eigenvalue weighted by atomic mass is 32.2. The summed E-state index contributed by atoms with van der Waals surface area (Å²) in [6.45, 7) is 3.75. The third-order valence-electron chi connectivity index (χ3n) is 6.71. The number of methoxy groups -OCH3 is 3. The molecule has 0 bridgehead atoms. The highest BCUT2D eigenvalue weighted by molar-refractivity contribution is 7.92. The summed E-state index contributed by atoms with van der Waals surface area (Å²) >= 11 is 0.